The molecule has 1 aliphatic heterocycles. The van der Waals surface area contributed by atoms with E-state index in [2.05, 4.69) is 15.6 Å². The topological polar surface area (TPSA) is 66.2 Å². The van der Waals surface area contributed by atoms with Crippen LogP contribution in [0.2, 0.25) is 5.02 Å². The maximum Gasteiger partial charge on any atom is 0.251 e. The Hall–Kier alpha value is -2.05. The number of hydrogen-bond acceptors (Lipinski definition) is 3. The summed E-state index contributed by atoms with van der Waals surface area (Å²) in [6.07, 6.45) is 4.01. The van der Waals surface area contributed by atoms with Crippen molar-refractivity contribution >= 4 is 40.8 Å². The van der Waals surface area contributed by atoms with Gasteiger partial charge >= 0.3 is 0 Å². The number of amides is 1. The number of hydrogen-bond donors (Lipinski definition) is 3. The van der Waals surface area contributed by atoms with Crippen molar-refractivity contribution in [1.82, 2.24) is 15.6 Å². The summed E-state index contributed by atoms with van der Waals surface area (Å²) in [4.78, 5) is 16.0. The first-order chi connectivity index (χ1) is 14.2. The van der Waals surface area contributed by atoms with Crippen molar-refractivity contribution in [2.24, 2.45) is 5.92 Å². The number of ether oxygens (including phenoxy) is 1. The molecule has 30 heavy (non-hydrogen) atoms. The number of H-pyrrole nitrogens is 1. The molecule has 0 spiro atoms. The number of nitrogens with one attached hydrogen (secondary N) is 3. The number of benzene rings is 2. The van der Waals surface area contributed by atoms with Crippen molar-refractivity contribution in [2.45, 2.75) is 18.9 Å². The molecule has 7 heteroatoms. The Bertz CT molecular complexity index is 955. The minimum Gasteiger partial charge on any atom is -0.379 e. The van der Waals surface area contributed by atoms with Gasteiger partial charge in [-0.15, -0.1) is 12.4 Å². The lowest BCUT2D eigenvalue weighted by Crippen LogP contribution is -2.33. The van der Waals surface area contributed by atoms with E-state index in [9.17, 15) is 4.79 Å². The quantitative estimate of drug-likeness (QED) is 0.490. The molecule has 0 unspecified atom stereocenters. The molecule has 1 fully saturated rings. The maximum absolute atomic E-state index is 12.9. The maximum atomic E-state index is 12.9. The highest BCUT2D eigenvalue weighted by molar-refractivity contribution is 6.35. The average molecular weight is 448 g/mol. The molecule has 2 aromatic carbocycles. The van der Waals surface area contributed by atoms with E-state index in [0.717, 1.165) is 49.0 Å². The minimum atomic E-state index is -0.201. The van der Waals surface area contributed by atoms with Crippen molar-refractivity contribution in [3.05, 3.63) is 70.9 Å². The second kappa shape index (κ2) is 10.8. The normalized spacial score (nSPS) is 15.5. The molecule has 4 rings (SSSR count). The fourth-order valence-electron chi connectivity index (χ4n) is 3.78. The summed E-state index contributed by atoms with van der Waals surface area (Å²) in [6, 6.07) is 15.3. The third-order valence-corrected chi connectivity index (χ3v) is 5.81. The lowest BCUT2D eigenvalue weighted by atomic mass is 9.99. The monoisotopic (exact) mass is 447 g/mol. The second-order valence-electron chi connectivity index (χ2n) is 7.56. The van der Waals surface area contributed by atoms with Crippen LogP contribution in [-0.2, 0) is 4.74 Å². The highest BCUT2D eigenvalue weighted by atomic mass is 35.5. The van der Waals surface area contributed by atoms with Crippen molar-refractivity contribution in [3.63, 3.8) is 0 Å². The van der Waals surface area contributed by atoms with Crippen LogP contribution in [0.15, 0.2) is 54.7 Å². The van der Waals surface area contributed by atoms with Gasteiger partial charge in [-0.05, 0) is 49.5 Å². The minimum absolute atomic E-state index is 0. The Morgan fingerprint density at radius 1 is 1.17 bits per heavy atom. The van der Waals surface area contributed by atoms with Crippen LogP contribution < -0.4 is 10.6 Å². The average Bonchev–Trinajstić information content (AvgIpc) is 3.14. The standard InChI is InChI=1S/C23H26ClN3O2.ClH/c24-20-13-26-21-12-18(6-7-19(20)21)23(28)27-22(17-4-2-1-3-5-17)15-29-14-16-8-10-25-11-9-16;/h1-7,12-13,16,22,25-26H,8-11,14-15H2,(H,27,28);1H/t22-;/m0./s1. The third-order valence-electron chi connectivity index (χ3n) is 5.50. The van der Waals surface area contributed by atoms with Gasteiger partial charge in [0.25, 0.3) is 5.91 Å². The summed E-state index contributed by atoms with van der Waals surface area (Å²) in [5, 5.41) is 8.07. The first-order valence-corrected chi connectivity index (χ1v) is 10.5. The van der Waals surface area contributed by atoms with Crippen LogP contribution in [0.1, 0.15) is 34.8 Å². The van der Waals surface area contributed by atoms with E-state index in [1.165, 1.54) is 0 Å². The van der Waals surface area contributed by atoms with E-state index >= 15 is 0 Å². The fraction of sp³-hybridized carbons (Fsp3) is 0.348. The Morgan fingerprint density at radius 3 is 2.70 bits per heavy atom. The molecular weight excluding hydrogens is 421 g/mol. The van der Waals surface area contributed by atoms with Gasteiger partial charge in [0.2, 0.25) is 0 Å². The van der Waals surface area contributed by atoms with Crippen LogP contribution in [0.25, 0.3) is 10.9 Å². The number of aromatic amines is 1. The molecule has 1 atom stereocenters. The summed E-state index contributed by atoms with van der Waals surface area (Å²) in [5.41, 5.74) is 2.48. The van der Waals surface area contributed by atoms with E-state index < -0.39 is 0 Å². The van der Waals surface area contributed by atoms with Gasteiger partial charge in [0.15, 0.2) is 0 Å². The Balaban J connectivity index is 0.00000256. The zero-order chi connectivity index (χ0) is 20.1. The van der Waals surface area contributed by atoms with Crippen LogP contribution in [-0.4, -0.2) is 37.2 Å². The largest absolute Gasteiger partial charge is 0.379 e. The molecule has 5 nitrogen and oxygen atoms in total. The number of carbonyl (C=O) groups excluding carboxylic acids is 1. The Morgan fingerprint density at radius 2 is 1.93 bits per heavy atom. The number of fused-ring (bicyclic) bond motifs is 1. The number of halogens is 2. The fourth-order valence-corrected chi connectivity index (χ4v) is 4.00. The molecule has 3 N–H and O–H groups in total. The van der Waals surface area contributed by atoms with Crippen LogP contribution in [0.4, 0.5) is 0 Å². The molecule has 0 saturated carbocycles. The molecule has 1 aromatic heterocycles. The number of rotatable bonds is 7. The van der Waals surface area contributed by atoms with E-state index in [-0.39, 0.29) is 24.4 Å². The SMILES string of the molecule is Cl.O=C(N[C@@H](COCC1CCNCC1)c1ccccc1)c1ccc2c(Cl)c[nH]c2c1. The zero-order valence-electron chi connectivity index (χ0n) is 16.7. The molecule has 0 radical (unpaired) electrons. The second-order valence-corrected chi connectivity index (χ2v) is 7.97. The first-order valence-electron chi connectivity index (χ1n) is 10.1. The van der Waals surface area contributed by atoms with Crippen molar-refractivity contribution in [1.29, 1.82) is 0 Å². The number of aromatic nitrogens is 1. The predicted octanol–water partition coefficient (Wildman–Crippen LogP) is 4.73. The molecule has 1 amide bonds. The summed E-state index contributed by atoms with van der Waals surface area (Å²) < 4.78 is 6.03. The zero-order valence-corrected chi connectivity index (χ0v) is 18.3. The van der Waals surface area contributed by atoms with E-state index in [4.69, 9.17) is 16.3 Å². The van der Waals surface area contributed by atoms with E-state index in [0.29, 0.717) is 23.1 Å². The smallest absolute Gasteiger partial charge is 0.251 e. The van der Waals surface area contributed by atoms with Crippen molar-refractivity contribution < 1.29 is 9.53 Å². The van der Waals surface area contributed by atoms with E-state index in [1.807, 2.05) is 42.5 Å². The van der Waals surface area contributed by atoms with E-state index in [1.54, 1.807) is 12.3 Å². The van der Waals surface area contributed by atoms with Gasteiger partial charge in [-0.1, -0.05) is 48.0 Å². The molecule has 1 saturated heterocycles. The molecule has 2 heterocycles. The van der Waals surface area contributed by atoms with Gasteiger partial charge < -0.3 is 20.4 Å². The third kappa shape index (κ3) is 5.55. The molecule has 3 aromatic rings. The van der Waals surface area contributed by atoms with Gasteiger partial charge in [-0.25, -0.2) is 0 Å². The van der Waals surface area contributed by atoms with Gasteiger partial charge in [0.1, 0.15) is 0 Å². The summed E-state index contributed by atoms with van der Waals surface area (Å²) in [5.74, 6) is 0.459. The molecule has 0 bridgehead atoms. The lowest BCUT2D eigenvalue weighted by Gasteiger charge is -2.24. The van der Waals surface area contributed by atoms with Crippen LogP contribution in [0.3, 0.4) is 0 Å². The molecular formula is C23H27Cl2N3O2. The van der Waals surface area contributed by atoms with Crippen LogP contribution in [0.5, 0.6) is 0 Å². The predicted molar refractivity (Wildman–Crippen MR) is 124 cm³/mol. The summed E-state index contributed by atoms with van der Waals surface area (Å²) in [6.45, 7) is 3.29. The highest BCUT2D eigenvalue weighted by Crippen LogP contribution is 2.24. The lowest BCUT2D eigenvalue weighted by molar-refractivity contribution is 0.0656. The van der Waals surface area contributed by atoms with Crippen LogP contribution >= 0.6 is 24.0 Å². The molecule has 1 aliphatic rings. The van der Waals surface area contributed by atoms with Crippen molar-refractivity contribution in [3.8, 4) is 0 Å². The number of carbonyl (C=O) groups is 1. The summed E-state index contributed by atoms with van der Waals surface area (Å²) >= 11 is 6.14. The van der Waals surface area contributed by atoms with Gasteiger partial charge in [0.05, 0.1) is 17.7 Å². The van der Waals surface area contributed by atoms with Gasteiger partial charge in [-0.3, -0.25) is 4.79 Å². The van der Waals surface area contributed by atoms with Crippen LogP contribution in [0, 0.1) is 5.92 Å². The van der Waals surface area contributed by atoms with Gasteiger partial charge in [0, 0.05) is 29.3 Å². The molecule has 160 valence electrons. The Labute approximate surface area is 187 Å². The highest BCUT2D eigenvalue weighted by Gasteiger charge is 2.19. The molecule has 0 aliphatic carbocycles. The summed E-state index contributed by atoms with van der Waals surface area (Å²) in [7, 11) is 0. The Kier molecular flexibility index (Phi) is 8.16. The number of piperidine rings is 1. The van der Waals surface area contributed by atoms with Crippen molar-refractivity contribution in [2.75, 3.05) is 26.3 Å². The first kappa shape index (κ1) is 22.6. The van der Waals surface area contributed by atoms with Gasteiger partial charge in [-0.2, -0.15) is 0 Å².